The number of carbonyl (C=O) groups is 2. The van der Waals surface area contributed by atoms with Crippen LogP contribution in [0, 0.1) is 6.92 Å². The maximum Gasteiger partial charge on any atom is 0.340 e. The molecule has 148 valence electrons. The number of pyridine rings is 1. The van der Waals surface area contributed by atoms with E-state index in [0.717, 1.165) is 11.3 Å². The lowest BCUT2D eigenvalue weighted by Crippen LogP contribution is -2.17. The number of ether oxygens (including phenoxy) is 1. The van der Waals surface area contributed by atoms with Crippen molar-refractivity contribution in [1.29, 1.82) is 0 Å². The molecule has 0 aliphatic carbocycles. The molecule has 0 saturated heterocycles. The molecule has 0 bridgehead atoms. The van der Waals surface area contributed by atoms with E-state index in [0.29, 0.717) is 17.8 Å². The minimum absolute atomic E-state index is 0.248. The van der Waals surface area contributed by atoms with E-state index in [1.165, 1.54) is 5.56 Å². The Morgan fingerprint density at radius 3 is 2.55 bits per heavy atom. The van der Waals surface area contributed by atoms with E-state index in [2.05, 4.69) is 39.9 Å². The summed E-state index contributed by atoms with van der Waals surface area (Å²) in [4.78, 5) is 28.9. The summed E-state index contributed by atoms with van der Waals surface area (Å²) >= 11 is 0. The highest BCUT2D eigenvalue weighted by Crippen LogP contribution is 2.18. The molecule has 0 aliphatic rings. The van der Waals surface area contributed by atoms with Crippen LogP contribution in [0.15, 0.2) is 66.9 Å². The third-order valence-corrected chi connectivity index (χ3v) is 4.28. The van der Waals surface area contributed by atoms with E-state index in [1.807, 2.05) is 6.92 Å². The molecule has 29 heavy (non-hydrogen) atoms. The summed E-state index contributed by atoms with van der Waals surface area (Å²) in [5.41, 5.74) is 4.07. The number of esters is 1. The standard InChI is InChI=1S/C23H23N3O3/c1-3-29-23(28)19-6-4-5-7-20(19)26-22(27)21-14-18(12-13-24-21)25-15-17-10-8-16(2)9-11-17/h4-14H,3,15H2,1-2H3,(H,24,25)(H,26,27). The molecule has 0 fully saturated rings. The van der Waals surface area contributed by atoms with E-state index >= 15 is 0 Å². The Morgan fingerprint density at radius 1 is 1.03 bits per heavy atom. The third kappa shape index (κ3) is 5.42. The second kappa shape index (κ2) is 9.50. The van der Waals surface area contributed by atoms with Crippen LogP contribution in [0.2, 0.25) is 0 Å². The Balaban J connectivity index is 1.70. The van der Waals surface area contributed by atoms with Crippen LogP contribution < -0.4 is 10.6 Å². The molecule has 0 saturated carbocycles. The van der Waals surface area contributed by atoms with Gasteiger partial charge in [-0.3, -0.25) is 9.78 Å². The van der Waals surface area contributed by atoms with Crippen LogP contribution in [0.5, 0.6) is 0 Å². The van der Waals surface area contributed by atoms with Crippen molar-refractivity contribution >= 4 is 23.3 Å². The molecular weight excluding hydrogens is 366 g/mol. The average Bonchev–Trinajstić information content (AvgIpc) is 2.74. The normalized spacial score (nSPS) is 10.3. The van der Waals surface area contributed by atoms with E-state index in [9.17, 15) is 9.59 Å². The minimum Gasteiger partial charge on any atom is -0.462 e. The Kier molecular flexibility index (Phi) is 6.58. The summed E-state index contributed by atoms with van der Waals surface area (Å²) in [7, 11) is 0. The first-order valence-electron chi connectivity index (χ1n) is 9.40. The van der Waals surface area contributed by atoms with E-state index in [1.54, 1.807) is 49.5 Å². The number of aromatic nitrogens is 1. The van der Waals surface area contributed by atoms with Gasteiger partial charge in [0.1, 0.15) is 5.69 Å². The van der Waals surface area contributed by atoms with Gasteiger partial charge < -0.3 is 15.4 Å². The van der Waals surface area contributed by atoms with Crippen molar-refractivity contribution in [3.8, 4) is 0 Å². The first kappa shape index (κ1) is 20.1. The highest BCUT2D eigenvalue weighted by atomic mass is 16.5. The lowest BCUT2D eigenvalue weighted by atomic mass is 10.1. The molecule has 1 heterocycles. The number of rotatable bonds is 7. The molecule has 1 aromatic heterocycles. The number of nitrogens with zero attached hydrogens (tertiary/aromatic N) is 1. The summed E-state index contributed by atoms with van der Waals surface area (Å²) < 4.78 is 5.04. The number of carbonyl (C=O) groups excluding carboxylic acids is 2. The number of aryl methyl sites for hydroxylation is 1. The lowest BCUT2D eigenvalue weighted by molar-refractivity contribution is 0.0527. The first-order valence-corrected chi connectivity index (χ1v) is 9.40. The Morgan fingerprint density at radius 2 is 1.79 bits per heavy atom. The zero-order valence-electron chi connectivity index (χ0n) is 16.4. The van der Waals surface area contributed by atoms with Crippen LogP contribution in [-0.4, -0.2) is 23.5 Å². The molecule has 0 aliphatic heterocycles. The summed E-state index contributed by atoms with van der Waals surface area (Å²) in [5, 5.41) is 6.04. The fourth-order valence-electron chi connectivity index (χ4n) is 2.74. The fourth-order valence-corrected chi connectivity index (χ4v) is 2.74. The van der Waals surface area contributed by atoms with Gasteiger partial charge in [0.25, 0.3) is 5.91 Å². The predicted octanol–water partition coefficient (Wildman–Crippen LogP) is 4.43. The number of hydrogen-bond donors (Lipinski definition) is 2. The molecule has 6 heteroatoms. The fraction of sp³-hybridized carbons (Fsp3) is 0.174. The van der Waals surface area contributed by atoms with Gasteiger partial charge in [-0.1, -0.05) is 42.0 Å². The minimum atomic E-state index is -0.482. The van der Waals surface area contributed by atoms with Crippen molar-refractivity contribution in [2.24, 2.45) is 0 Å². The number of para-hydroxylation sites is 1. The number of benzene rings is 2. The van der Waals surface area contributed by atoms with Crippen LogP contribution in [0.25, 0.3) is 0 Å². The monoisotopic (exact) mass is 389 g/mol. The average molecular weight is 389 g/mol. The van der Waals surface area contributed by atoms with Crippen LogP contribution in [0.1, 0.15) is 38.9 Å². The highest BCUT2D eigenvalue weighted by Gasteiger charge is 2.15. The van der Waals surface area contributed by atoms with Gasteiger partial charge >= 0.3 is 5.97 Å². The van der Waals surface area contributed by atoms with E-state index in [4.69, 9.17) is 4.74 Å². The molecule has 0 radical (unpaired) electrons. The number of hydrogen-bond acceptors (Lipinski definition) is 5. The van der Waals surface area contributed by atoms with Crippen molar-refractivity contribution in [1.82, 2.24) is 4.98 Å². The second-order valence-electron chi connectivity index (χ2n) is 6.49. The van der Waals surface area contributed by atoms with Gasteiger partial charge in [0, 0.05) is 18.4 Å². The van der Waals surface area contributed by atoms with Crippen molar-refractivity contribution in [2.45, 2.75) is 20.4 Å². The molecule has 0 atom stereocenters. The smallest absolute Gasteiger partial charge is 0.340 e. The molecular formula is C23H23N3O3. The highest BCUT2D eigenvalue weighted by molar-refractivity contribution is 6.07. The Bertz CT molecular complexity index is 1000. The van der Waals surface area contributed by atoms with Crippen LogP contribution >= 0.6 is 0 Å². The van der Waals surface area contributed by atoms with Crippen LogP contribution in [-0.2, 0) is 11.3 Å². The molecule has 3 rings (SSSR count). The molecule has 0 spiro atoms. The second-order valence-corrected chi connectivity index (χ2v) is 6.49. The summed E-state index contributed by atoms with van der Waals surface area (Å²) in [6.45, 7) is 4.68. The zero-order valence-corrected chi connectivity index (χ0v) is 16.4. The Hall–Kier alpha value is -3.67. The van der Waals surface area contributed by atoms with Crippen LogP contribution in [0.4, 0.5) is 11.4 Å². The maximum atomic E-state index is 12.7. The van der Waals surface area contributed by atoms with Crippen molar-refractivity contribution < 1.29 is 14.3 Å². The van der Waals surface area contributed by atoms with Crippen molar-refractivity contribution in [3.05, 3.63) is 89.2 Å². The SMILES string of the molecule is CCOC(=O)c1ccccc1NC(=O)c1cc(NCc2ccc(C)cc2)ccn1. The summed E-state index contributed by atoms with van der Waals surface area (Å²) in [5.74, 6) is -0.884. The molecule has 3 aromatic rings. The molecule has 0 unspecified atom stereocenters. The van der Waals surface area contributed by atoms with Crippen molar-refractivity contribution in [2.75, 3.05) is 17.2 Å². The number of nitrogens with one attached hydrogen (secondary N) is 2. The van der Waals surface area contributed by atoms with Gasteiger partial charge in [-0.2, -0.15) is 0 Å². The number of anilines is 2. The van der Waals surface area contributed by atoms with Gasteiger partial charge in [0.15, 0.2) is 0 Å². The molecule has 2 N–H and O–H groups in total. The number of amides is 1. The largest absolute Gasteiger partial charge is 0.462 e. The van der Waals surface area contributed by atoms with Gasteiger partial charge in [-0.05, 0) is 43.7 Å². The Labute approximate surface area is 169 Å². The van der Waals surface area contributed by atoms with E-state index in [-0.39, 0.29) is 12.3 Å². The quantitative estimate of drug-likeness (QED) is 0.584. The molecule has 6 nitrogen and oxygen atoms in total. The summed E-state index contributed by atoms with van der Waals surface area (Å²) in [6, 6.07) is 18.4. The molecule has 2 aromatic carbocycles. The van der Waals surface area contributed by atoms with Gasteiger partial charge in [0.05, 0.1) is 17.9 Å². The predicted molar refractivity (Wildman–Crippen MR) is 113 cm³/mol. The van der Waals surface area contributed by atoms with Crippen LogP contribution in [0.3, 0.4) is 0 Å². The summed E-state index contributed by atoms with van der Waals surface area (Å²) in [6.07, 6.45) is 1.57. The van der Waals surface area contributed by atoms with E-state index < -0.39 is 11.9 Å². The van der Waals surface area contributed by atoms with Gasteiger partial charge in [-0.25, -0.2) is 4.79 Å². The maximum absolute atomic E-state index is 12.7. The lowest BCUT2D eigenvalue weighted by Gasteiger charge is -2.11. The molecule has 1 amide bonds. The topological polar surface area (TPSA) is 80.3 Å². The van der Waals surface area contributed by atoms with Crippen molar-refractivity contribution in [3.63, 3.8) is 0 Å². The van der Waals surface area contributed by atoms with Gasteiger partial charge in [-0.15, -0.1) is 0 Å². The zero-order chi connectivity index (χ0) is 20.6. The van der Waals surface area contributed by atoms with Gasteiger partial charge in [0.2, 0.25) is 0 Å². The third-order valence-electron chi connectivity index (χ3n) is 4.28. The first-order chi connectivity index (χ1) is 14.1.